The lowest BCUT2D eigenvalue weighted by Crippen LogP contribution is -2.38. The van der Waals surface area contributed by atoms with Crippen molar-refractivity contribution in [1.82, 2.24) is 19.9 Å². The average molecular weight is 288 g/mol. The van der Waals surface area contributed by atoms with E-state index in [-0.39, 0.29) is 0 Å². The van der Waals surface area contributed by atoms with Crippen LogP contribution >= 0.6 is 0 Å². The highest BCUT2D eigenvalue weighted by molar-refractivity contribution is 5.73. The number of hydrogen-bond donors (Lipinski definition) is 0. The molecule has 0 spiro atoms. The Labute approximate surface area is 125 Å². The van der Waals surface area contributed by atoms with Crippen LogP contribution in [-0.4, -0.2) is 52.2 Å². The van der Waals surface area contributed by atoms with E-state index in [1.165, 1.54) is 0 Å². The molecule has 2 aromatic rings. The van der Waals surface area contributed by atoms with Crippen LogP contribution in [0.2, 0.25) is 0 Å². The van der Waals surface area contributed by atoms with E-state index in [4.69, 9.17) is 4.74 Å². The summed E-state index contributed by atoms with van der Waals surface area (Å²) in [6.07, 6.45) is 3.88. The number of ether oxygens (including phenoxy) is 1. The van der Waals surface area contributed by atoms with Gasteiger partial charge in [-0.3, -0.25) is 0 Å². The summed E-state index contributed by atoms with van der Waals surface area (Å²) in [4.78, 5) is 2.50. The van der Waals surface area contributed by atoms with E-state index < -0.39 is 0 Å². The molecular weight excluding hydrogens is 264 g/mol. The molecule has 0 atom stereocenters. The van der Waals surface area contributed by atoms with Crippen LogP contribution in [0, 0.1) is 0 Å². The highest BCUT2D eigenvalue weighted by Gasteiger charge is 2.19. The molecule has 1 fully saturated rings. The molecule has 3 rings (SSSR count). The number of para-hydroxylation sites is 1. The molecule has 114 valence electrons. The lowest BCUT2D eigenvalue weighted by atomic mass is 10.1. The number of hydrogen-bond acceptors (Lipinski definition) is 4. The Balaban J connectivity index is 1.48. The van der Waals surface area contributed by atoms with Gasteiger partial charge < -0.3 is 9.64 Å². The fourth-order valence-electron chi connectivity index (χ4n) is 2.90. The predicted octanol–water partition coefficient (Wildman–Crippen LogP) is 2.32. The van der Waals surface area contributed by atoms with Crippen LogP contribution in [0.5, 0.6) is 0 Å². The largest absolute Gasteiger partial charge is 0.378 e. The Morgan fingerprint density at radius 1 is 1.19 bits per heavy atom. The monoisotopic (exact) mass is 288 g/mol. The summed E-state index contributed by atoms with van der Waals surface area (Å²) in [6.45, 7) is 7.25. The first-order valence-electron chi connectivity index (χ1n) is 7.99. The second-order valence-corrected chi connectivity index (χ2v) is 5.71. The van der Waals surface area contributed by atoms with Gasteiger partial charge in [0.15, 0.2) is 0 Å². The summed E-state index contributed by atoms with van der Waals surface area (Å²) in [5.74, 6) is 0. The van der Waals surface area contributed by atoms with E-state index in [9.17, 15) is 0 Å². The molecule has 5 heteroatoms. The van der Waals surface area contributed by atoms with Crippen LogP contribution in [0.1, 0.15) is 26.2 Å². The molecule has 1 aromatic heterocycles. The number of likely N-dealkylation sites (tertiary alicyclic amines) is 1. The quantitative estimate of drug-likeness (QED) is 0.818. The summed E-state index contributed by atoms with van der Waals surface area (Å²) in [6, 6.07) is 8.14. The Kier molecular flexibility index (Phi) is 4.83. The van der Waals surface area contributed by atoms with Gasteiger partial charge in [0.2, 0.25) is 0 Å². The summed E-state index contributed by atoms with van der Waals surface area (Å²) in [7, 11) is 0. The normalized spacial score (nSPS) is 17.6. The van der Waals surface area contributed by atoms with Crippen LogP contribution in [0.15, 0.2) is 24.3 Å². The van der Waals surface area contributed by atoms with Crippen LogP contribution in [-0.2, 0) is 11.3 Å². The van der Waals surface area contributed by atoms with Crippen molar-refractivity contribution in [2.45, 2.75) is 38.8 Å². The first-order valence-corrected chi connectivity index (χ1v) is 7.99. The summed E-state index contributed by atoms with van der Waals surface area (Å²) >= 11 is 0. The fourth-order valence-corrected chi connectivity index (χ4v) is 2.90. The van der Waals surface area contributed by atoms with Crippen molar-refractivity contribution in [2.75, 3.05) is 26.2 Å². The first kappa shape index (κ1) is 14.5. The van der Waals surface area contributed by atoms with E-state index in [0.29, 0.717) is 6.10 Å². The topological polar surface area (TPSA) is 43.2 Å². The number of fused-ring (bicyclic) bond motifs is 1. The van der Waals surface area contributed by atoms with Gasteiger partial charge >= 0.3 is 0 Å². The zero-order chi connectivity index (χ0) is 14.5. The van der Waals surface area contributed by atoms with E-state index in [0.717, 1.165) is 63.1 Å². The first-order chi connectivity index (χ1) is 10.4. The van der Waals surface area contributed by atoms with Crippen molar-refractivity contribution in [3.63, 3.8) is 0 Å². The molecule has 21 heavy (non-hydrogen) atoms. The third-order valence-corrected chi connectivity index (χ3v) is 4.14. The third-order valence-electron chi connectivity index (χ3n) is 4.14. The van der Waals surface area contributed by atoms with E-state index in [1.54, 1.807) is 0 Å². The average Bonchev–Trinajstić information content (AvgIpc) is 2.95. The molecule has 0 amide bonds. The Hall–Kier alpha value is -1.46. The predicted molar refractivity (Wildman–Crippen MR) is 83.2 cm³/mol. The van der Waals surface area contributed by atoms with Crippen molar-refractivity contribution >= 4 is 11.0 Å². The molecule has 0 N–H and O–H groups in total. The lowest BCUT2D eigenvalue weighted by molar-refractivity contribution is 0.00723. The molecular formula is C16H24N4O. The van der Waals surface area contributed by atoms with E-state index in [2.05, 4.69) is 28.2 Å². The van der Waals surface area contributed by atoms with Crippen LogP contribution in [0.3, 0.4) is 0 Å². The molecule has 5 nitrogen and oxygen atoms in total. The van der Waals surface area contributed by atoms with Gasteiger partial charge in [0.25, 0.3) is 0 Å². The summed E-state index contributed by atoms with van der Waals surface area (Å²) < 4.78 is 7.84. The molecule has 0 unspecified atom stereocenters. The van der Waals surface area contributed by atoms with Crippen LogP contribution in [0.25, 0.3) is 11.0 Å². The van der Waals surface area contributed by atoms with Gasteiger partial charge in [0.1, 0.15) is 5.52 Å². The minimum atomic E-state index is 0.466. The van der Waals surface area contributed by atoms with Gasteiger partial charge in [-0.25, -0.2) is 4.68 Å². The third kappa shape index (κ3) is 3.60. The lowest BCUT2D eigenvalue weighted by Gasteiger charge is -2.31. The van der Waals surface area contributed by atoms with Crippen molar-refractivity contribution < 1.29 is 4.74 Å². The van der Waals surface area contributed by atoms with Crippen molar-refractivity contribution in [2.24, 2.45) is 0 Å². The molecule has 2 heterocycles. The second kappa shape index (κ2) is 7.00. The summed E-state index contributed by atoms with van der Waals surface area (Å²) in [5, 5.41) is 8.45. The molecule has 1 aliphatic rings. The number of nitrogens with zero attached hydrogens (tertiary/aromatic N) is 4. The Morgan fingerprint density at radius 3 is 2.81 bits per heavy atom. The molecule has 0 bridgehead atoms. The summed E-state index contributed by atoms with van der Waals surface area (Å²) in [5.41, 5.74) is 2.10. The number of piperidine rings is 1. The van der Waals surface area contributed by atoms with Crippen LogP contribution in [0.4, 0.5) is 0 Å². The van der Waals surface area contributed by atoms with Gasteiger partial charge in [0, 0.05) is 26.2 Å². The van der Waals surface area contributed by atoms with E-state index in [1.807, 2.05) is 22.9 Å². The van der Waals surface area contributed by atoms with E-state index >= 15 is 0 Å². The number of rotatable bonds is 6. The zero-order valence-electron chi connectivity index (χ0n) is 12.7. The van der Waals surface area contributed by atoms with Gasteiger partial charge in [-0.2, -0.15) is 0 Å². The number of benzene rings is 1. The zero-order valence-corrected chi connectivity index (χ0v) is 12.7. The molecule has 0 radical (unpaired) electrons. The molecule has 1 saturated heterocycles. The van der Waals surface area contributed by atoms with Crippen molar-refractivity contribution in [1.29, 1.82) is 0 Å². The van der Waals surface area contributed by atoms with Gasteiger partial charge in [-0.05, 0) is 31.4 Å². The van der Waals surface area contributed by atoms with Gasteiger partial charge in [0.05, 0.1) is 18.2 Å². The Bertz CT molecular complexity index is 560. The Morgan fingerprint density at radius 2 is 2.00 bits per heavy atom. The SMILES string of the molecule is CCCOC1CCN(CCn2nnc3ccccc32)CC1. The maximum atomic E-state index is 5.83. The molecule has 0 saturated carbocycles. The second-order valence-electron chi connectivity index (χ2n) is 5.71. The highest BCUT2D eigenvalue weighted by atomic mass is 16.5. The highest BCUT2D eigenvalue weighted by Crippen LogP contribution is 2.15. The standard InChI is InChI=1S/C16H24N4O/c1-2-13-21-14-7-9-19(10-8-14)11-12-20-16-6-4-3-5-15(16)17-18-20/h3-6,14H,2,7-13H2,1H3. The maximum absolute atomic E-state index is 5.83. The smallest absolute Gasteiger partial charge is 0.113 e. The number of aromatic nitrogens is 3. The van der Waals surface area contributed by atoms with Crippen LogP contribution < -0.4 is 0 Å². The molecule has 1 aromatic carbocycles. The molecule has 1 aliphatic heterocycles. The van der Waals surface area contributed by atoms with Crippen molar-refractivity contribution in [3.8, 4) is 0 Å². The minimum absolute atomic E-state index is 0.466. The fraction of sp³-hybridized carbons (Fsp3) is 0.625. The van der Waals surface area contributed by atoms with Gasteiger partial charge in [-0.15, -0.1) is 5.10 Å². The van der Waals surface area contributed by atoms with Crippen molar-refractivity contribution in [3.05, 3.63) is 24.3 Å². The molecule has 0 aliphatic carbocycles. The minimum Gasteiger partial charge on any atom is -0.378 e. The maximum Gasteiger partial charge on any atom is 0.113 e. The van der Waals surface area contributed by atoms with Gasteiger partial charge in [-0.1, -0.05) is 24.3 Å².